The number of nitrogens with two attached hydrogens (primary N) is 1. The summed E-state index contributed by atoms with van der Waals surface area (Å²) >= 11 is 6.14. The molecule has 0 saturated carbocycles. The monoisotopic (exact) mass is 343 g/mol. The van der Waals surface area contributed by atoms with Gasteiger partial charge in [0.25, 0.3) is 0 Å². The molecule has 0 fully saturated rings. The van der Waals surface area contributed by atoms with E-state index in [1.807, 2.05) is 24.3 Å². The molecule has 0 aromatic heterocycles. The van der Waals surface area contributed by atoms with E-state index in [9.17, 15) is 5.11 Å². The highest BCUT2D eigenvalue weighted by molar-refractivity contribution is 6.30. The minimum Gasteiger partial charge on any atom is -0.384 e. The van der Waals surface area contributed by atoms with Crippen LogP contribution in [0.2, 0.25) is 5.02 Å². The Balaban J connectivity index is 2.13. The van der Waals surface area contributed by atoms with Gasteiger partial charge in [0, 0.05) is 22.7 Å². The molecule has 3 N–H and O–H groups in total. The molecule has 1 atom stereocenters. The van der Waals surface area contributed by atoms with E-state index in [4.69, 9.17) is 17.3 Å². The van der Waals surface area contributed by atoms with E-state index in [0.717, 1.165) is 30.8 Å². The molecular formula is C19H22ClN3O. The first-order valence-corrected chi connectivity index (χ1v) is 8.56. The van der Waals surface area contributed by atoms with Crippen LogP contribution in [-0.4, -0.2) is 28.9 Å². The average Bonchev–Trinajstić information content (AvgIpc) is 2.85. The second kappa shape index (κ2) is 6.55. The molecule has 1 unspecified atom stereocenters. The summed E-state index contributed by atoms with van der Waals surface area (Å²) < 4.78 is 0. The van der Waals surface area contributed by atoms with Crippen molar-refractivity contribution in [1.82, 2.24) is 4.90 Å². The normalized spacial score (nSPS) is 19.5. The van der Waals surface area contributed by atoms with E-state index < -0.39 is 5.60 Å². The number of hydrogen-bond acceptors (Lipinski definition) is 4. The van der Waals surface area contributed by atoms with Crippen LogP contribution in [0.25, 0.3) is 0 Å². The van der Waals surface area contributed by atoms with Crippen LogP contribution in [0.15, 0.2) is 47.5 Å². The fourth-order valence-electron chi connectivity index (χ4n) is 3.23. The first-order chi connectivity index (χ1) is 11.5. The summed E-state index contributed by atoms with van der Waals surface area (Å²) in [5.41, 5.74) is 7.82. The van der Waals surface area contributed by atoms with Crippen LogP contribution in [0, 0.1) is 0 Å². The van der Waals surface area contributed by atoms with Gasteiger partial charge in [-0.3, -0.25) is 4.90 Å². The van der Waals surface area contributed by atoms with Crippen molar-refractivity contribution in [2.75, 3.05) is 13.1 Å². The molecule has 2 aromatic carbocycles. The number of fused-ring (bicyclic) bond motifs is 1. The van der Waals surface area contributed by atoms with Gasteiger partial charge in [0.1, 0.15) is 5.84 Å². The molecule has 2 aromatic rings. The van der Waals surface area contributed by atoms with Crippen molar-refractivity contribution in [3.05, 3.63) is 64.2 Å². The van der Waals surface area contributed by atoms with Crippen molar-refractivity contribution >= 4 is 23.1 Å². The molecule has 0 radical (unpaired) electrons. The Bertz CT molecular complexity index is 786. The van der Waals surface area contributed by atoms with Crippen LogP contribution in [0.1, 0.15) is 30.5 Å². The summed E-state index contributed by atoms with van der Waals surface area (Å²) in [6.07, 6.45) is 0. The molecule has 1 aliphatic rings. The Hall–Kier alpha value is -1.88. The zero-order valence-electron chi connectivity index (χ0n) is 14.0. The molecule has 4 nitrogen and oxygen atoms in total. The van der Waals surface area contributed by atoms with E-state index in [-0.39, 0.29) is 5.84 Å². The van der Waals surface area contributed by atoms with Crippen molar-refractivity contribution in [2.24, 2.45) is 10.7 Å². The van der Waals surface area contributed by atoms with Crippen molar-refractivity contribution in [1.29, 1.82) is 0 Å². The molecule has 0 saturated heterocycles. The van der Waals surface area contributed by atoms with Gasteiger partial charge in [0.15, 0.2) is 5.60 Å². The number of hydrogen-bond donors (Lipinski definition) is 2. The highest BCUT2D eigenvalue weighted by Crippen LogP contribution is 2.44. The standard InChI is InChI=1S/C19H22ClN3O/c1-3-23(4-2)12-13-7-5-6-8-15(13)19(24)16-11-14(20)9-10-17(16)22-18(19)21/h5-11,24H,3-4,12H2,1-2H3,(H2,21,22). The predicted molar refractivity (Wildman–Crippen MR) is 98.8 cm³/mol. The lowest BCUT2D eigenvalue weighted by atomic mass is 9.83. The lowest BCUT2D eigenvalue weighted by Gasteiger charge is -2.29. The predicted octanol–water partition coefficient (Wildman–Crippen LogP) is 3.42. The zero-order chi connectivity index (χ0) is 17.3. The number of rotatable bonds is 5. The van der Waals surface area contributed by atoms with E-state index in [0.29, 0.717) is 16.3 Å². The largest absolute Gasteiger partial charge is 0.384 e. The van der Waals surface area contributed by atoms with Gasteiger partial charge in [-0.05, 0) is 36.9 Å². The van der Waals surface area contributed by atoms with E-state index in [1.165, 1.54) is 0 Å². The number of amidine groups is 1. The quantitative estimate of drug-likeness (QED) is 0.874. The maximum atomic E-state index is 11.5. The molecule has 0 aliphatic carbocycles. The summed E-state index contributed by atoms with van der Waals surface area (Å²) in [6.45, 7) is 6.88. The second-order valence-corrected chi connectivity index (χ2v) is 6.42. The summed E-state index contributed by atoms with van der Waals surface area (Å²) in [5, 5.41) is 12.1. The molecule has 3 rings (SSSR count). The fourth-order valence-corrected chi connectivity index (χ4v) is 3.40. The van der Waals surface area contributed by atoms with E-state index >= 15 is 0 Å². The number of aliphatic imine (C=N–C) groups is 1. The summed E-state index contributed by atoms with van der Waals surface area (Å²) in [6, 6.07) is 13.1. The summed E-state index contributed by atoms with van der Waals surface area (Å²) in [5.74, 6) is 0.187. The van der Waals surface area contributed by atoms with Crippen LogP contribution >= 0.6 is 11.6 Å². The van der Waals surface area contributed by atoms with Crippen LogP contribution in [-0.2, 0) is 12.1 Å². The van der Waals surface area contributed by atoms with Crippen molar-refractivity contribution in [2.45, 2.75) is 26.0 Å². The van der Waals surface area contributed by atoms with Gasteiger partial charge in [-0.15, -0.1) is 0 Å². The van der Waals surface area contributed by atoms with Crippen molar-refractivity contribution in [3.8, 4) is 0 Å². The molecule has 1 heterocycles. The molecule has 0 spiro atoms. The lowest BCUT2D eigenvalue weighted by Crippen LogP contribution is -2.41. The van der Waals surface area contributed by atoms with Crippen LogP contribution in [0.4, 0.5) is 5.69 Å². The third kappa shape index (κ3) is 2.71. The van der Waals surface area contributed by atoms with Gasteiger partial charge in [0.2, 0.25) is 0 Å². The van der Waals surface area contributed by atoms with Gasteiger partial charge in [-0.1, -0.05) is 49.7 Å². The number of benzene rings is 2. The Morgan fingerprint density at radius 2 is 1.83 bits per heavy atom. The molecule has 0 bridgehead atoms. The number of nitrogens with zero attached hydrogens (tertiary/aromatic N) is 2. The summed E-state index contributed by atoms with van der Waals surface area (Å²) in [4.78, 5) is 6.65. The minimum absolute atomic E-state index is 0.187. The van der Waals surface area contributed by atoms with Crippen LogP contribution in [0.5, 0.6) is 0 Å². The van der Waals surface area contributed by atoms with Crippen LogP contribution < -0.4 is 5.73 Å². The van der Waals surface area contributed by atoms with Gasteiger partial charge in [0.05, 0.1) is 5.69 Å². The maximum absolute atomic E-state index is 11.5. The maximum Gasteiger partial charge on any atom is 0.174 e. The molecule has 126 valence electrons. The number of halogens is 1. The Morgan fingerprint density at radius 3 is 2.54 bits per heavy atom. The molecule has 5 heteroatoms. The third-order valence-corrected chi connectivity index (χ3v) is 4.89. The van der Waals surface area contributed by atoms with E-state index in [1.54, 1.807) is 18.2 Å². The van der Waals surface area contributed by atoms with Crippen molar-refractivity contribution < 1.29 is 5.11 Å². The topological polar surface area (TPSA) is 61.8 Å². The SMILES string of the molecule is CCN(CC)Cc1ccccc1C1(O)C(N)=Nc2ccc(Cl)cc21. The lowest BCUT2D eigenvalue weighted by molar-refractivity contribution is 0.155. The highest BCUT2D eigenvalue weighted by Gasteiger charge is 2.43. The number of aliphatic hydroxyl groups is 1. The van der Waals surface area contributed by atoms with Gasteiger partial charge < -0.3 is 10.8 Å². The third-order valence-electron chi connectivity index (χ3n) is 4.66. The fraction of sp³-hybridized carbons (Fsp3) is 0.316. The average molecular weight is 344 g/mol. The molecule has 24 heavy (non-hydrogen) atoms. The molecule has 1 aliphatic heterocycles. The highest BCUT2D eigenvalue weighted by atomic mass is 35.5. The zero-order valence-corrected chi connectivity index (χ0v) is 14.7. The smallest absolute Gasteiger partial charge is 0.174 e. The Labute approximate surface area is 147 Å². The van der Waals surface area contributed by atoms with Gasteiger partial charge >= 0.3 is 0 Å². The Morgan fingerprint density at radius 1 is 1.12 bits per heavy atom. The minimum atomic E-state index is -1.44. The van der Waals surface area contributed by atoms with Crippen molar-refractivity contribution in [3.63, 3.8) is 0 Å². The Kier molecular flexibility index (Phi) is 4.63. The second-order valence-electron chi connectivity index (χ2n) is 5.99. The first kappa shape index (κ1) is 17.0. The van der Waals surface area contributed by atoms with E-state index in [2.05, 4.69) is 23.7 Å². The van der Waals surface area contributed by atoms with Crippen LogP contribution in [0.3, 0.4) is 0 Å². The van der Waals surface area contributed by atoms with Gasteiger partial charge in [-0.2, -0.15) is 0 Å². The summed E-state index contributed by atoms with van der Waals surface area (Å²) in [7, 11) is 0. The van der Waals surface area contributed by atoms with Gasteiger partial charge in [-0.25, -0.2) is 4.99 Å². The molecule has 0 amide bonds. The first-order valence-electron chi connectivity index (χ1n) is 8.18. The molecular weight excluding hydrogens is 322 g/mol.